The van der Waals surface area contributed by atoms with Gasteiger partial charge in [0.1, 0.15) is 5.76 Å². The summed E-state index contributed by atoms with van der Waals surface area (Å²) in [5.74, 6) is 0.251. The maximum atomic E-state index is 11.2. The van der Waals surface area contributed by atoms with Crippen LogP contribution in [0.1, 0.15) is 28.2 Å². The lowest BCUT2D eigenvalue weighted by Gasteiger charge is -1.91. The van der Waals surface area contributed by atoms with Crippen molar-refractivity contribution in [3.63, 3.8) is 0 Å². The quantitative estimate of drug-likeness (QED) is 0.619. The minimum atomic E-state index is -0.228. The average molecular weight is 164 g/mol. The molecule has 1 heterocycles. The molecular weight excluding hydrogens is 156 g/mol. The molecule has 62 valence electrons. The van der Waals surface area contributed by atoms with E-state index < -0.39 is 0 Å². The van der Waals surface area contributed by atoms with Crippen molar-refractivity contribution >= 4 is 5.78 Å². The molecule has 0 aliphatic carbocycles. The fourth-order valence-electron chi connectivity index (χ4n) is 1.04. The number of nitrogens with zero attached hydrogens (tertiary/aromatic N) is 2. The Labute approximate surface area is 69.8 Å². The SMILES string of the molecule is Cc1noc(C)c1C(=O)CC#N. The first-order valence-electron chi connectivity index (χ1n) is 3.50. The van der Waals surface area contributed by atoms with Crippen molar-refractivity contribution in [2.24, 2.45) is 0 Å². The third kappa shape index (κ3) is 1.35. The molecule has 12 heavy (non-hydrogen) atoms. The highest BCUT2D eigenvalue weighted by Gasteiger charge is 2.16. The molecule has 0 saturated carbocycles. The standard InChI is InChI=1S/C8H8N2O2/c1-5-8(6(2)12-10-5)7(11)3-4-9/h3H2,1-2H3. The summed E-state index contributed by atoms with van der Waals surface area (Å²) in [7, 11) is 0. The molecule has 0 atom stereocenters. The first kappa shape index (κ1) is 8.47. The fraction of sp³-hybridized carbons (Fsp3) is 0.375. The van der Waals surface area contributed by atoms with E-state index in [1.807, 2.05) is 0 Å². The summed E-state index contributed by atoms with van der Waals surface area (Å²) in [5.41, 5.74) is 0.990. The number of ketones is 1. The summed E-state index contributed by atoms with van der Waals surface area (Å²) in [6.07, 6.45) is -0.122. The molecule has 0 saturated heterocycles. The lowest BCUT2D eigenvalue weighted by atomic mass is 10.1. The smallest absolute Gasteiger partial charge is 0.182 e. The van der Waals surface area contributed by atoms with E-state index in [0.29, 0.717) is 17.0 Å². The van der Waals surface area contributed by atoms with E-state index in [1.165, 1.54) is 0 Å². The highest BCUT2D eigenvalue weighted by molar-refractivity contribution is 5.99. The Morgan fingerprint density at radius 1 is 1.67 bits per heavy atom. The first-order valence-corrected chi connectivity index (χ1v) is 3.50. The molecule has 0 radical (unpaired) electrons. The van der Waals surface area contributed by atoms with Gasteiger partial charge >= 0.3 is 0 Å². The number of rotatable bonds is 2. The van der Waals surface area contributed by atoms with Crippen molar-refractivity contribution < 1.29 is 9.32 Å². The molecule has 0 unspecified atom stereocenters. The highest BCUT2D eigenvalue weighted by Crippen LogP contribution is 2.13. The van der Waals surface area contributed by atoms with Crippen molar-refractivity contribution in [3.8, 4) is 6.07 Å². The molecule has 0 aliphatic rings. The number of carbonyl (C=O) groups is 1. The van der Waals surface area contributed by atoms with Gasteiger partial charge in [0.15, 0.2) is 5.78 Å². The van der Waals surface area contributed by atoms with Gasteiger partial charge in [-0.1, -0.05) is 5.16 Å². The Morgan fingerprint density at radius 2 is 2.33 bits per heavy atom. The number of Topliss-reactive ketones (excluding diaryl/α,β-unsaturated/α-hetero) is 1. The number of hydrogen-bond donors (Lipinski definition) is 0. The van der Waals surface area contributed by atoms with Crippen LogP contribution in [0.5, 0.6) is 0 Å². The van der Waals surface area contributed by atoms with Crippen LogP contribution in [-0.4, -0.2) is 10.9 Å². The summed E-state index contributed by atoms with van der Waals surface area (Å²) in [4.78, 5) is 11.2. The van der Waals surface area contributed by atoms with Crippen LogP contribution in [0, 0.1) is 25.2 Å². The van der Waals surface area contributed by atoms with Crippen molar-refractivity contribution in [3.05, 3.63) is 17.0 Å². The second-order valence-electron chi connectivity index (χ2n) is 2.46. The van der Waals surface area contributed by atoms with E-state index >= 15 is 0 Å². The molecule has 0 fully saturated rings. The molecule has 0 N–H and O–H groups in total. The van der Waals surface area contributed by atoms with E-state index in [2.05, 4.69) is 5.16 Å². The normalized spacial score (nSPS) is 9.42. The second-order valence-corrected chi connectivity index (χ2v) is 2.46. The largest absolute Gasteiger partial charge is 0.361 e. The Bertz CT molecular complexity index is 327. The summed E-state index contributed by atoms with van der Waals surface area (Å²) in [5, 5.41) is 11.9. The second kappa shape index (κ2) is 3.18. The van der Waals surface area contributed by atoms with Gasteiger partial charge in [-0.15, -0.1) is 0 Å². The zero-order chi connectivity index (χ0) is 9.14. The molecule has 1 aromatic heterocycles. The predicted octanol–water partition coefficient (Wildman–Crippen LogP) is 1.39. The summed E-state index contributed by atoms with van der Waals surface area (Å²) in [6.45, 7) is 3.34. The van der Waals surface area contributed by atoms with E-state index in [0.717, 1.165) is 0 Å². The molecule has 0 amide bonds. The third-order valence-electron chi connectivity index (χ3n) is 1.55. The molecule has 4 heteroatoms. The molecule has 1 aromatic rings. The molecular formula is C8H8N2O2. The van der Waals surface area contributed by atoms with Crippen molar-refractivity contribution in [2.45, 2.75) is 20.3 Å². The summed E-state index contributed by atoms with van der Waals surface area (Å²) < 4.78 is 4.78. The summed E-state index contributed by atoms with van der Waals surface area (Å²) in [6, 6.07) is 1.79. The van der Waals surface area contributed by atoms with Gasteiger partial charge in [0.25, 0.3) is 0 Å². The number of carbonyl (C=O) groups excluding carboxylic acids is 1. The highest BCUT2D eigenvalue weighted by atomic mass is 16.5. The van der Waals surface area contributed by atoms with Crippen LogP contribution in [0.25, 0.3) is 0 Å². The lowest BCUT2D eigenvalue weighted by Crippen LogP contribution is -1.99. The van der Waals surface area contributed by atoms with E-state index in [1.54, 1.807) is 19.9 Å². The van der Waals surface area contributed by atoms with E-state index in [9.17, 15) is 4.79 Å². The van der Waals surface area contributed by atoms with Crippen molar-refractivity contribution in [1.29, 1.82) is 5.26 Å². The summed E-state index contributed by atoms with van der Waals surface area (Å²) >= 11 is 0. The average Bonchev–Trinajstić information content (AvgIpc) is 2.32. The molecule has 0 spiro atoms. The maximum absolute atomic E-state index is 11.2. The molecule has 4 nitrogen and oxygen atoms in total. The van der Waals surface area contributed by atoms with Gasteiger partial charge in [0.05, 0.1) is 23.7 Å². The molecule has 0 bridgehead atoms. The monoisotopic (exact) mass is 164 g/mol. The zero-order valence-corrected chi connectivity index (χ0v) is 6.92. The zero-order valence-electron chi connectivity index (χ0n) is 6.92. The minimum Gasteiger partial charge on any atom is -0.361 e. The van der Waals surface area contributed by atoms with Gasteiger partial charge in [-0.3, -0.25) is 4.79 Å². The van der Waals surface area contributed by atoms with E-state index in [4.69, 9.17) is 9.78 Å². The minimum absolute atomic E-state index is 0.122. The van der Waals surface area contributed by atoms with Crippen LogP contribution in [-0.2, 0) is 0 Å². The van der Waals surface area contributed by atoms with Gasteiger partial charge in [-0.05, 0) is 13.8 Å². The third-order valence-corrected chi connectivity index (χ3v) is 1.55. The number of aryl methyl sites for hydroxylation is 2. The molecule has 0 aromatic carbocycles. The van der Waals surface area contributed by atoms with Gasteiger partial charge in [-0.25, -0.2) is 0 Å². The van der Waals surface area contributed by atoms with Crippen LogP contribution < -0.4 is 0 Å². The van der Waals surface area contributed by atoms with Gasteiger partial charge in [0, 0.05) is 0 Å². The van der Waals surface area contributed by atoms with Crippen molar-refractivity contribution in [1.82, 2.24) is 5.16 Å². The Balaban J connectivity index is 3.03. The van der Waals surface area contributed by atoms with Gasteiger partial charge in [-0.2, -0.15) is 5.26 Å². The van der Waals surface area contributed by atoms with Crippen LogP contribution >= 0.6 is 0 Å². The van der Waals surface area contributed by atoms with E-state index in [-0.39, 0.29) is 12.2 Å². The Hall–Kier alpha value is -1.63. The number of nitriles is 1. The lowest BCUT2D eigenvalue weighted by molar-refractivity contribution is 0.0996. The van der Waals surface area contributed by atoms with Gasteiger partial charge < -0.3 is 4.52 Å². The van der Waals surface area contributed by atoms with Crippen molar-refractivity contribution in [2.75, 3.05) is 0 Å². The number of aromatic nitrogens is 1. The van der Waals surface area contributed by atoms with Crippen LogP contribution in [0.4, 0.5) is 0 Å². The Morgan fingerprint density at radius 3 is 2.75 bits per heavy atom. The predicted molar refractivity (Wildman–Crippen MR) is 40.5 cm³/mol. The number of hydrogen-bond acceptors (Lipinski definition) is 4. The topological polar surface area (TPSA) is 66.9 Å². The Kier molecular flexibility index (Phi) is 2.24. The van der Waals surface area contributed by atoms with Crippen LogP contribution in [0.3, 0.4) is 0 Å². The van der Waals surface area contributed by atoms with Gasteiger partial charge in [0.2, 0.25) is 0 Å². The molecule has 0 aliphatic heterocycles. The maximum Gasteiger partial charge on any atom is 0.182 e. The first-order chi connectivity index (χ1) is 5.66. The fourth-order valence-corrected chi connectivity index (χ4v) is 1.04. The molecule has 1 rings (SSSR count). The van der Waals surface area contributed by atoms with Crippen LogP contribution in [0.2, 0.25) is 0 Å². The van der Waals surface area contributed by atoms with Crippen LogP contribution in [0.15, 0.2) is 4.52 Å².